The molecular weight excluding hydrogens is 389 g/mol. The molecule has 0 aromatic rings. The van der Waals surface area contributed by atoms with Crippen LogP contribution in [0, 0.1) is 17.8 Å². The molecule has 1 rings (SSSR count). The van der Waals surface area contributed by atoms with Crippen molar-refractivity contribution in [3.8, 4) is 0 Å². The number of amidine groups is 1. The van der Waals surface area contributed by atoms with Crippen molar-refractivity contribution in [2.24, 2.45) is 27.7 Å². The molecular formula is C21H34F5N3. The van der Waals surface area contributed by atoms with Gasteiger partial charge in [-0.3, -0.25) is 9.98 Å². The zero-order valence-corrected chi connectivity index (χ0v) is 17.6. The lowest BCUT2D eigenvalue weighted by Gasteiger charge is -2.35. The molecule has 0 heterocycles. The zero-order chi connectivity index (χ0) is 21.9. The third-order valence-corrected chi connectivity index (χ3v) is 4.92. The van der Waals surface area contributed by atoms with Crippen LogP contribution in [0.1, 0.15) is 59.3 Å². The average Bonchev–Trinajstić information content (AvgIpc) is 2.58. The number of alkyl halides is 5. The third kappa shape index (κ3) is 11.3. The summed E-state index contributed by atoms with van der Waals surface area (Å²) in [5, 5.41) is 3.10. The smallest absolute Gasteiger partial charge is 0.374 e. The molecule has 0 aromatic carbocycles. The Morgan fingerprint density at radius 2 is 1.90 bits per heavy atom. The molecule has 168 valence electrons. The maximum absolute atomic E-state index is 13.1. The predicted molar refractivity (Wildman–Crippen MR) is 109 cm³/mol. The Hall–Kier alpha value is -1.47. The number of nitrogens with zero attached hydrogens (tertiary/aromatic N) is 2. The summed E-state index contributed by atoms with van der Waals surface area (Å²) in [6.07, 6.45) is 3.99. The summed E-state index contributed by atoms with van der Waals surface area (Å²) >= 11 is 0. The Labute approximate surface area is 171 Å². The number of nitrogens with one attached hydrogen (secondary N) is 1. The monoisotopic (exact) mass is 423 g/mol. The Bertz CT molecular complexity index is 545. The van der Waals surface area contributed by atoms with Gasteiger partial charge in [-0.2, -0.15) is 13.2 Å². The molecule has 1 aliphatic rings. The van der Waals surface area contributed by atoms with E-state index in [4.69, 9.17) is 0 Å². The standard InChI is InChI=1S/C21H34F5N3/c1-4-28-19(18-13-20(22,23)14-18)29-12-8-6-10-17(16(2)3)9-5-7-11-27-15-21(24,25)26/h6,10-11,16-18H,4-5,7-9,12-15H2,1-3H3,(H,28,29)/b10-6-,27-11?. The minimum absolute atomic E-state index is 0.129. The van der Waals surface area contributed by atoms with Crippen LogP contribution in [0.15, 0.2) is 22.1 Å². The van der Waals surface area contributed by atoms with Crippen molar-refractivity contribution >= 4 is 12.1 Å². The number of hydrogen-bond acceptors (Lipinski definition) is 2. The number of halogens is 5. The normalized spacial score (nSPS) is 19.3. The van der Waals surface area contributed by atoms with Gasteiger partial charge in [0.2, 0.25) is 5.92 Å². The maximum atomic E-state index is 13.1. The first-order valence-electron chi connectivity index (χ1n) is 10.4. The van der Waals surface area contributed by atoms with Crippen LogP contribution in [-0.4, -0.2) is 43.8 Å². The topological polar surface area (TPSA) is 36.8 Å². The van der Waals surface area contributed by atoms with Gasteiger partial charge in [0.25, 0.3) is 0 Å². The Morgan fingerprint density at radius 1 is 1.21 bits per heavy atom. The molecule has 0 saturated heterocycles. The van der Waals surface area contributed by atoms with E-state index < -0.39 is 18.6 Å². The van der Waals surface area contributed by atoms with Crippen molar-refractivity contribution in [2.45, 2.75) is 71.4 Å². The fraction of sp³-hybridized carbons (Fsp3) is 0.810. The molecule has 0 aliphatic heterocycles. The van der Waals surface area contributed by atoms with E-state index in [1.807, 2.05) is 6.92 Å². The molecule has 1 fully saturated rings. The summed E-state index contributed by atoms with van der Waals surface area (Å²) in [5.41, 5.74) is 0. The van der Waals surface area contributed by atoms with Crippen molar-refractivity contribution in [3.63, 3.8) is 0 Å². The molecule has 0 aromatic heterocycles. The third-order valence-electron chi connectivity index (χ3n) is 4.92. The minimum Gasteiger partial charge on any atom is -0.374 e. The number of aliphatic imine (C=N–C) groups is 2. The van der Waals surface area contributed by atoms with Gasteiger partial charge >= 0.3 is 6.18 Å². The molecule has 29 heavy (non-hydrogen) atoms. The average molecular weight is 424 g/mol. The van der Waals surface area contributed by atoms with Crippen molar-refractivity contribution in [3.05, 3.63) is 12.2 Å². The highest BCUT2D eigenvalue weighted by Crippen LogP contribution is 2.42. The fourth-order valence-corrected chi connectivity index (χ4v) is 3.25. The van der Waals surface area contributed by atoms with E-state index in [0.29, 0.717) is 37.2 Å². The summed E-state index contributed by atoms with van der Waals surface area (Å²) < 4.78 is 62.2. The molecule has 8 heteroatoms. The first-order valence-corrected chi connectivity index (χ1v) is 10.4. The largest absolute Gasteiger partial charge is 0.407 e. The predicted octanol–water partition coefficient (Wildman–Crippen LogP) is 6.06. The van der Waals surface area contributed by atoms with E-state index in [0.717, 1.165) is 19.3 Å². The number of unbranched alkanes of at least 4 members (excludes halogenated alkanes) is 1. The van der Waals surface area contributed by atoms with Crippen LogP contribution in [0.3, 0.4) is 0 Å². The highest BCUT2D eigenvalue weighted by atomic mass is 19.4. The van der Waals surface area contributed by atoms with Gasteiger partial charge in [-0.25, -0.2) is 8.78 Å². The second kappa shape index (κ2) is 12.3. The Kier molecular flexibility index (Phi) is 10.8. The summed E-state index contributed by atoms with van der Waals surface area (Å²) in [6.45, 7) is 6.26. The Morgan fingerprint density at radius 3 is 2.45 bits per heavy atom. The molecule has 1 aliphatic carbocycles. The van der Waals surface area contributed by atoms with Gasteiger partial charge < -0.3 is 5.32 Å². The van der Waals surface area contributed by atoms with Gasteiger partial charge in [-0.1, -0.05) is 26.0 Å². The second-order valence-corrected chi connectivity index (χ2v) is 7.95. The fourth-order valence-electron chi connectivity index (χ4n) is 3.25. The Balaban J connectivity index is 2.35. The molecule has 0 bridgehead atoms. The van der Waals surface area contributed by atoms with Gasteiger partial charge in [0.05, 0.1) is 5.84 Å². The van der Waals surface area contributed by atoms with Crippen molar-refractivity contribution in [1.29, 1.82) is 0 Å². The van der Waals surface area contributed by atoms with E-state index in [-0.39, 0.29) is 18.8 Å². The van der Waals surface area contributed by atoms with E-state index in [1.54, 1.807) is 0 Å². The SMILES string of the molecule is CCNC(=NCC/C=C\C(CCCC=NCC(F)(F)F)C(C)C)C1CC(F)(F)C1. The van der Waals surface area contributed by atoms with Gasteiger partial charge in [0.15, 0.2) is 0 Å². The highest BCUT2D eigenvalue weighted by Gasteiger charge is 2.47. The van der Waals surface area contributed by atoms with Crippen LogP contribution in [0.25, 0.3) is 0 Å². The molecule has 3 nitrogen and oxygen atoms in total. The molecule has 1 unspecified atom stereocenters. The van der Waals surface area contributed by atoms with Crippen molar-refractivity contribution < 1.29 is 22.0 Å². The molecule has 1 atom stereocenters. The van der Waals surface area contributed by atoms with Crippen LogP contribution in [0.2, 0.25) is 0 Å². The number of rotatable bonds is 12. The lowest BCUT2D eigenvalue weighted by atomic mass is 9.80. The van der Waals surface area contributed by atoms with Crippen molar-refractivity contribution in [1.82, 2.24) is 5.32 Å². The van der Waals surface area contributed by atoms with Crippen LogP contribution in [-0.2, 0) is 0 Å². The molecule has 0 radical (unpaired) electrons. The number of allylic oxidation sites excluding steroid dienone is 1. The molecule has 1 saturated carbocycles. The van der Waals surface area contributed by atoms with Gasteiger partial charge in [0.1, 0.15) is 6.54 Å². The van der Waals surface area contributed by atoms with Gasteiger partial charge in [0, 0.05) is 31.8 Å². The first-order chi connectivity index (χ1) is 13.5. The summed E-state index contributed by atoms with van der Waals surface area (Å²) in [5.74, 6) is -1.27. The molecule has 0 spiro atoms. The lowest BCUT2D eigenvalue weighted by Crippen LogP contribution is -2.45. The summed E-state index contributed by atoms with van der Waals surface area (Å²) in [7, 11) is 0. The quantitative estimate of drug-likeness (QED) is 0.134. The van der Waals surface area contributed by atoms with E-state index in [1.165, 1.54) is 6.21 Å². The highest BCUT2D eigenvalue weighted by molar-refractivity contribution is 5.85. The summed E-state index contributed by atoms with van der Waals surface area (Å²) in [4.78, 5) is 7.87. The van der Waals surface area contributed by atoms with Gasteiger partial charge in [-0.05, 0) is 50.7 Å². The van der Waals surface area contributed by atoms with Crippen LogP contribution < -0.4 is 5.32 Å². The summed E-state index contributed by atoms with van der Waals surface area (Å²) in [6, 6.07) is 0. The van der Waals surface area contributed by atoms with Crippen LogP contribution in [0.5, 0.6) is 0 Å². The van der Waals surface area contributed by atoms with E-state index in [9.17, 15) is 22.0 Å². The second-order valence-electron chi connectivity index (χ2n) is 7.95. The maximum Gasteiger partial charge on any atom is 0.407 e. The first kappa shape index (κ1) is 25.6. The molecule has 0 amide bonds. The van der Waals surface area contributed by atoms with E-state index >= 15 is 0 Å². The van der Waals surface area contributed by atoms with Gasteiger partial charge in [-0.15, -0.1) is 0 Å². The molecule has 1 N–H and O–H groups in total. The van der Waals surface area contributed by atoms with E-state index in [2.05, 4.69) is 41.3 Å². The van der Waals surface area contributed by atoms with Crippen LogP contribution in [0.4, 0.5) is 22.0 Å². The number of hydrogen-bond donors (Lipinski definition) is 1. The lowest BCUT2D eigenvalue weighted by molar-refractivity contribution is -0.118. The zero-order valence-electron chi connectivity index (χ0n) is 17.6. The van der Waals surface area contributed by atoms with Crippen molar-refractivity contribution in [2.75, 3.05) is 19.6 Å². The van der Waals surface area contributed by atoms with Crippen LogP contribution >= 0.6 is 0 Å². The minimum atomic E-state index is -4.24.